The highest BCUT2D eigenvalue weighted by molar-refractivity contribution is 9.10. The number of hydrogen-bond acceptors (Lipinski definition) is 6. The van der Waals surface area contributed by atoms with Crippen molar-refractivity contribution in [2.75, 3.05) is 13.7 Å². The Bertz CT molecular complexity index is 1050. The molecule has 0 spiro atoms. The van der Waals surface area contributed by atoms with Crippen molar-refractivity contribution in [1.29, 1.82) is 10.7 Å². The average Bonchev–Trinajstić information content (AvgIpc) is 2.66. The number of fused-ring (bicyclic) bond motifs is 1. The van der Waals surface area contributed by atoms with E-state index in [1.54, 1.807) is 32.2 Å². The van der Waals surface area contributed by atoms with E-state index >= 15 is 0 Å². The minimum absolute atomic E-state index is 0.184. The zero-order chi connectivity index (χ0) is 20.6. The summed E-state index contributed by atoms with van der Waals surface area (Å²) in [5.41, 5.74) is 1.47. The van der Waals surface area contributed by atoms with Gasteiger partial charge in [-0.3, -0.25) is 10.2 Å². The van der Waals surface area contributed by atoms with Gasteiger partial charge in [-0.25, -0.2) is 0 Å². The predicted octanol–water partition coefficient (Wildman–Crippen LogP) is 3.50. The first kappa shape index (κ1) is 20.0. The normalized spacial score (nSPS) is 18.1. The third-order valence-corrected chi connectivity index (χ3v) is 5.44. The minimum atomic E-state index is -0.933. The van der Waals surface area contributed by atoms with Crippen molar-refractivity contribution in [2.45, 2.75) is 19.8 Å². The maximum atomic E-state index is 13.0. The van der Waals surface area contributed by atoms with Crippen LogP contribution in [-0.2, 0) is 7.05 Å². The van der Waals surface area contributed by atoms with E-state index in [1.165, 1.54) is 11.7 Å². The summed E-state index contributed by atoms with van der Waals surface area (Å²) < 4.78 is 18.8. The Morgan fingerprint density at radius 2 is 2.11 bits per heavy atom. The van der Waals surface area contributed by atoms with Gasteiger partial charge in [0.2, 0.25) is 5.90 Å². The Kier molecular flexibility index (Phi) is 5.47. The van der Waals surface area contributed by atoms with Crippen molar-refractivity contribution in [1.82, 2.24) is 4.57 Å². The summed E-state index contributed by atoms with van der Waals surface area (Å²) in [6.07, 6.45) is 0. The molecule has 1 aliphatic rings. The number of rotatable bonds is 4. The highest BCUT2D eigenvalue weighted by Crippen LogP contribution is 2.45. The molecule has 0 amide bonds. The van der Waals surface area contributed by atoms with Crippen LogP contribution >= 0.6 is 15.9 Å². The van der Waals surface area contributed by atoms with Crippen LogP contribution in [0.2, 0.25) is 0 Å². The van der Waals surface area contributed by atoms with Crippen LogP contribution in [0.3, 0.4) is 0 Å². The van der Waals surface area contributed by atoms with Crippen molar-refractivity contribution in [2.24, 2.45) is 13.0 Å². The van der Waals surface area contributed by atoms with Crippen molar-refractivity contribution in [3.63, 3.8) is 0 Å². The van der Waals surface area contributed by atoms with Crippen LogP contribution in [0.5, 0.6) is 17.2 Å². The Labute approximate surface area is 171 Å². The molecule has 0 saturated heterocycles. The summed E-state index contributed by atoms with van der Waals surface area (Å²) in [7, 11) is 3.20. The maximum Gasteiger partial charge on any atom is 0.258 e. The van der Waals surface area contributed by atoms with E-state index in [-0.39, 0.29) is 11.5 Å². The summed E-state index contributed by atoms with van der Waals surface area (Å²) in [6, 6.07) is 7.37. The smallest absolute Gasteiger partial charge is 0.258 e. The molecule has 1 aliphatic heterocycles. The summed E-state index contributed by atoms with van der Waals surface area (Å²) in [5.74, 6) is -0.450. The number of hydrogen-bond donors (Lipinski definition) is 1. The molecule has 0 radical (unpaired) electrons. The van der Waals surface area contributed by atoms with E-state index in [0.29, 0.717) is 45.1 Å². The molecule has 7 nitrogen and oxygen atoms in total. The molecule has 1 aromatic heterocycles. The molecule has 2 aromatic rings. The van der Waals surface area contributed by atoms with E-state index in [2.05, 4.69) is 22.0 Å². The van der Waals surface area contributed by atoms with Crippen LogP contribution in [0.25, 0.3) is 0 Å². The molecule has 1 aromatic carbocycles. The highest BCUT2D eigenvalue weighted by Gasteiger charge is 2.40. The molecule has 28 heavy (non-hydrogen) atoms. The van der Waals surface area contributed by atoms with Gasteiger partial charge in [-0.2, -0.15) is 5.26 Å². The average molecular weight is 446 g/mol. The van der Waals surface area contributed by atoms with Crippen molar-refractivity contribution >= 4 is 21.8 Å². The summed E-state index contributed by atoms with van der Waals surface area (Å²) >= 11 is 3.49. The standard InChI is InChI=1S/C20H20BrN3O4/c1-5-27-18-13(21)7-11(8-15(18)26-4)16-12(9-22)19(23)28-14-6-10(2)24(3)20(25)17(14)16/h6-8,12,16,23H,5H2,1-4H3. The Morgan fingerprint density at radius 3 is 2.71 bits per heavy atom. The highest BCUT2D eigenvalue weighted by atomic mass is 79.9. The maximum absolute atomic E-state index is 13.0. The first-order chi connectivity index (χ1) is 13.3. The molecule has 3 rings (SSSR count). The van der Waals surface area contributed by atoms with Crippen LogP contribution in [0.4, 0.5) is 0 Å². The molecular formula is C20H20BrN3O4. The predicted molar refractivity (Wildman–Crippen MR) is 108 cm³/mol. The van der Waals surface area contributed by atoms with Gasteiger partial charge in [0.1, 0.15) is 11.7 Å². The number of pyridine rings is 1. The third kappa shape index (κ3) is 3.16. The van der Waals surface area contributed by atoms with E-state index < -0.39 is 11.8 Å². The quantitative estimate of drug-likeness (QED) is 0.776. The Hall–Kier alpha value is -2.79. The lowest BCUT2D eigenvalue weighted by Crippen LogP contribution is -2.37. The molecule has 8 heteroatoms. The molecule has 1 N–H and O–H groups in total. The number of methoxy groups -OCH3 is 1. The lowest BCUT2D eigenvalue weighted by molar-refractivity contribution is 0.308. The molecule has 0 fully saturated rings. The van der Waals surface area contributed by atoms with Crippen molar-refractivity contribution < 1.29 is 14.2 Å². The molecule has 2 heterocycles. The lowest BCUT2D eigenvalue weighted by atomic mass is 9.79. The van der Waals surface area contributed by atoms with Gasteiger partial charge in [0.25, 0.3) is 5.56 Å². The summed E-state index contributed by atoms with van der Waals surface area (Å²) in [5, 5.41) is 17.9. The SMILES string of the molecule is CCOc1c(Br)cc(C2c3c(cc(C)n(C)c3=O)OC(=N)C2C#N)cc1OC. The second kappa shape index (κ2) is 7.68. The van der Waals surface area contributed by atoms with Gasteiger partial charge in [0.05, 0.1) is 29.8 Å². The van der Waals surface area contributed by atoms with Crippen LogP contribution < -0.4 is 19.8 Å². The Balaban J connectivity index is 2.30. The second-order valence-corrected chi connectivity index (χ2v) is 7.30. The molecule has 0 saturated carbocycles. The number of ether oxygens (including phenoxy) is 3. The van der Waals surface area contributed by atoms with Crippen LogP contribution in [0, 0.1) is 29.6 Å². The van der Waals surface area contributed by atoms with Crippen LogP contribution in [0.1, 0.15) is 29.7 Å². The molecule has 0 aliphatic carbocycles. The Morgan fingerprint density at radius 1 is 1.39 bits per heavy atom. The van der Waals surface area contributed by atoms with Crippen LogP contribution in [-0.4, -0.2) is 24.2 Å². The number of nitriles is 1. The fourth-order valence-corrected chi connectivity index (χ4v) is 3.95. The summed E-state index contributed by atoms with van der Waals surface area (Å²) in [4.78, 5) is 13.0. The topological polar surface area (TPSA) is 97.3 Å². The molecule has 0 bridgehead atoms. The van der Waals surface area contributed by atoms with Crippen LogP contribution in [0.15, 0.2) is 27.5 Å². The second-order valence-electron chi connectivity index (χ2n) is 6.45. The number of benzene rings is 1. The monoisotopic (exact) mass is 445 g/mol. The summed E-state index contributed by atoms with van der Waals surface area (Å²) in [6.45, 7) is 4.11. The first-order valence-electron chi connectivity index (χ1n) is 8.70. The van der Waals surface area contributed by atoms with Gasteiger partial charge in [0, 0.05) is 24.7 Å². The van der Waals surface area contributed by atoms with E-state index in [4.69, 9.17) is 19.6 Å². The van der Waals surface area contributed by atoms with Gasteiger partial charge in [-0.15, -0.1) is 0 Å². The fraction of sp³-hybridized carbons (Fsp3) is 0.350. The number of halogens is 1. The van der Waals surface area contributed by atoms with Gasteiger partial charge >= 0.3 is 0 Å². The number of nitrogens with one attached hydrogen (secondary N) is 1. The van der Waals surface area contributed by atoms with Gasteiger partial charge in [0.15, 0.2) is 11.5 Å². The number of aryl methyl sites for hydroxylation is 1. The molecule has 146 valence electrons. The largest absolute Gasteiger partial charge is 0.493 e. The van der Waals surface area contributed by atoms with Crippen molar-refractivity contribution in [3.8, 4) is 23.3 Å². The molecule has 2 unspecified atom stereocenters. The third-order valence-electron chi connectivity index (χ3n) is 4.85. The zero-order valence-corrected chi connectivity index (χ0v) is 17.6. The van der Waals surface area contributed by atoms with Gasteiger partial charge in [-0.05, 0) is 47.5 Å². The van der Waals surface area contributed by atoms with E-state index in [1.807, 2.05) is 6.92 Å². The number of aromatic nitrogens is 1. The molecule has 2 atom stereocenters. The fourth-order valence-electron chi connectivity index (χ4n) is 3.38. The first-order valence-corrected chi connectivity index (χ1v) is 9.49. The lowest BCUT2D eigenvalue weighted by Gasteiger charge is -2.31. The van der Waals surface area contributed by atoms with E-state index in [0.717, 1.165) is 0 Å². The van der Waals surface area contributed by atoms with Gasteiger partial charge in [-0.1, -0.05) is 0 Å². The van der Waals surface area contributed by atoms with Gasteiger partial charge < -0.3 is 18.8 Å². The zero-order valence-electron chi connectivity index (χ0n) is 16.0. The number of nitrogens with zero attached hydrogens (tertiary/aromatic N) is 2. The van der Waals surface area contributed by atoms with Crippen molar-refractivity contribution in [3.05, 3.63) is 49.8 Å². The molecular weight excluding hydrogens is 426 g/mol. The minimum Gasteiger partial charge on any atom is -0.493 e. The van der Waals surface area contributed by atoms with E-state index in [9.17, 15) is 10.1 Å².